The summed E-state index contributed by atoms with van der Waals surface area (Å²) in [6.07, 6.45) is -0.503. The maximum Gasteiger partial charge on any atom is 0.306 e. The molecule has 0 saturated carbocycles. The number of hydrogen-bond acceptors (Lipinski definition) is 14. The highest BCUT2D eigenvalue weighted by molar-refractivity contribution is 5.69. The van der Waals surface area contributed by atoms with Crippen molar-refractivity contribution in [3.8, 4) is 0 Å². The van der Waals surface area contributed by atoms with Crippen molar-refractivity contribution < 1.29 is 69.0 Å². The molecule has 0 bridgehead atoms. The molecule has 14 nitrogen and oxygen atoms in total. The molecule has 284 valence electrons. The molecule has 0 aromatic heterocycles. The predicted octanol–water partition coefficient (Wildman–Crippen LogP) is 1.45. The Morgan fingerprint density at radius 2 is 1.10 bits per heavy atom. The van der Waals surface area contributed by atoms with Gasteiger partial charge in [0.05, 0.1) is 26.4 Å². The number of hydrogen-bond donors (Lipinski definition) is 7. The van der Waals surface area contributed by atoms with E-state index in [1.54, 1.807) is 0 Å². The van der Waals surface area contributed by atoms with E-state index in [0.29, 0.717) is 13.0 Å². The molecule has 0 aromatic carbocycles. The molecule has 0 spiro atoms. The van der Waals surface area contributed by atoms with E-state index in [0.717, 1.165) is 38.5 Å². The Hall–Kier alpha value is -1.01. The lowest BCUT2D eigenvalue weighted by Crippen LogP contribution is -2.61. The van der Waals surface area contributed by atoms with Crippen LogP contribution < -0.4 is 0 Å². The number of unbranched alkanes of at least 4 members (excludes halogenated alkanes) is 12. The van der Waals surface area contributed by atoms with Crippen LogP contribution in [0.1, 0.15) is 110 Å². The highest BCUT2D eigenvalue weighted by Gasteiger charge is 2.47. The fraction of sp³-hybridized carbons (Fsp3) is 0.971. The van der Waals surface area contributed by atoms with E-state index < -0.39 is 80.7 Å². The van der Waals surface area contributed by atoms with Gasteiger partial charge in [-0.1, -0.05) is 90.9 Å². The van der Waals surface area contributed by atoms with Gasteiger partial charge in [-0.2, -0.15) is 0 Å². The molecule has 2 fully saturated rings. The second kappa shape index (κ2) is 25.0. The van der Waals surface area contributed by atoms with Gasteiger partial charge in [0.1, 0.15) is 54.9 Å². The first-order valence-electron chi connectivity index (χ1n) is 18.1. The van der Waals surface area contributed by atoms with E-state index in [1.165, 1.54) is 44.9 Å². The van der Waals surface area contributed by atoms with E-state index >= 15 is 0 Å². The van der Waals surface area contributed by atoms with Gasteiger partial charge in [0, 0.05) is 13.0 Å². The summed E-state index contributed by atoms with van der Waals surface area (Å²) in [7, 11) is 0. The van der Waals surface area contributed by atoms with E-state index in [1.807, 2.05) is 0 Å². The third kappa shape index (κ3) is 15.5. The van der Waals surface area contributed by atoms with Crippen molar-refractivity contribution in [3.63, 3.8) is 0 Å². The van der Waals surface area contributed by atoms with E-state index in [2.05, 4.69) is 13.8 Å². The van der Waals surface area contributed by atoms with Crippen LogP contribution in [0.5, 0.6) is 0 Å². The summed E-state index contributed by atoms with van der Waals surface area (Å²) < 4.78 is 33.7. The van der Waals surface area contributed by atoms with Gasteiger partial charge >= 0.3 is 5.97 Å². The van der Waals surface area contributed by atoms with Crippen LogP contribution in [-0.4, -0.2) is 142 Å². The summed E-state index contributed by atoms with van der Waals surface area (Å²) in [5, 5.41) is 71.3. The molecule has 11 atom stereocenters. The van der Waals surface area contributed by atoms with Crippen LogP contribution in [0.25, 0.3) is 0 Å². The van der Waals surface area contributed by atoms with Crippen LogP contribution >= 0.6 is 0 Å². The topological polar surface area (TPSA) is 214 Å². The van der Waals surface area contributed by atoms with Crippen molar-refractivity contribution in [1.82, 2.24) is 0 Å². The summed E-state index contributed by atoms with van der Waals surface area (Å²) in [6.45, 7) is 3.56. The van der Waals surface area contributed by atoms with Crippen molar-refractivity contribution in [2.75, 3.05) is 33.0 Å². The van der Waals surface area contributed by atoms with Gasteiger partial charge in [0.15, 0.2) is 12.6 Å². The minimum absolute atomic E-state index is 0.0652. The predicted molar refractivity (Wildman–Crippen MR) is 174 cm³/mol. The van der Waals surface area contributed by atoms with Crippen LogP contribution in [0.15, 0.2) is 0 Å². The van der Waals surface area contributed by atoms with Gasteiger partial charge in [-0.25, -0.2) is 0 Å². The van der Waals surface area contributed by atoms with Crippen molar-refractivity contribution in [2.45, 2.75) is 178 Å². The highest BCUT2D eigenvalue weighted by Crippen LogP contribution is 2.26. The number of aliphatic hydroxyl groups is 7. The van der Waals surface area contributed by atoms with Crippen LogP contribution in [0.3, 0.4) is 0 Å². The molecule has 0 radical (unpaired) electrons. The molecule has 2 saturated heterocycles. The summed E-state index contributed by atoms with van der Waals surface area (Å²) in [5.41, 5.74) is 0. The normalized spacial score (nSPS) is 31.5. The number of esters is 1. The van der Waals surface area contributed by atoms with E-state index in [-0.39, 0.29) is 25.6 Å². The summed E-state index contributed by atoms with van der Waals surface area (Å²) in [6, 6.07) is 0. The Labute approximate surface area is 285 Å². The number of aliphatic hydroxyl groups excluding tert-OH is 7. The highest BCUT2D eigenvalue weighted by atomic mass is 16.7. The molecule has 11 unspecified atom stereocenters. The monoisotopic (exact) mass is 696 g/mol. The van der Waals surface area contributed by atoms with Gasteiger partial charge in [-0.3, -0.25) is 4.79 Å². The third-order valence-corrected chi connectivity index (χ3v) is 8.87. The zero-order valence-corrected chi connectivity index (χ0v) is 29.0. The zero-order valence-electron chi connectivity index (χ0n) is 29.0. The molecule has 48 heavy (non-hydrogen) atoms. The smallest absolute Gasteiger partial charge is 0.306 e. The lowest BCUT2D eigenvalue weighted by molar-refractivity contribution is -0.332. The molecule has 0 aliphatic carbocycles. The first-order valence-corrected chi connectivity index (χ1v) is 18.1. The van der Waals surface area contributed by atoms with Crippen molar-refractivity contribution in [2.24, 2.45) is 0 Å². The summed E-state index contributed by atoms with van der Waals surface area (Å²) >= 11 is 0. The number of rotatable bonds is 26. The van der Waals surface area contributed by atoms with E-state index in [4.69, 9.17) is 28.4 Å². The van der Waals surface area contributed by atoms with Crippen LogP contribution in [0, 0.1) is 0 Å². The van der Waals surface area contributed by atoms with Crippen LogP contribution in [0.4, 0.5) is 0 Å². The molecular weight excluding hydrogens is 632 g/mol. The second-order valence-corrected chi connectivity index (χ2v) is 13.1. The lowest BCUT2D eigenvalue weighted by Gasteiger charge is -2.42. The van der Waals surface area contributed by atoms with Crippen LogP contribution in [0.2, 0.25) is 0 Å². The Morgan fingerprint density at radius 3 is 1.69 bits per heavy atom. The standard InChI is InChI=1S/C34H64O14/c1-3-5-7-9-11-12-13-15-17-26(36)46-23(20-43-18-16-14-10-8-6-4-2)21-44-33-32(42)30(40)28(38)25(48-33)22-45-34-31(41)29(39)27(37)24(19-35)47-34/h23-25,27-35,37-42H,3-22H2,1-2H3. The molecular formula is C34H64O14. The number of carbonyl (C=O) groups excluding carboxylic acids is 1. The number of ether oxygens (including phenoxy) is 6. The third-order valence-electron chi connectivity index (χ3n) is 8.87. The Bertz CT molecular complexity index is 819. The van der Waals surface area contributed by atoms with Gasteiger partial charge in [-0.15, -0.1) is 0 Å². The van der Waals surface area contributed by atoms with Crippen molar-refractivity contribution in [3.05, 3.63) is 0 Å². The van der Waals surface area contributed by atoms with Gasteiger partial charge in [-0.05, 0) is 12.8 Å². The van der Waals surface area contributed by atoms with Gasteiger partial charge in [0.25, 0.3) is 0 Å². The lowest BCUT2D eigenvalue weighted by atomic mass is 9.98. The number of carbonyl (C=O) groups is 1. The van der Waals surface area contributed by atoms with Crippen molar-refractivity contribution in [1.29, 1.82) is 0 Å². The van der Waals surface area contributed by atoms with Gasteiger partial charge < -0.3 is 64.2 Å². The maximum atomic E-state index is 12.7. The maximum absolute atomic E-state index is 12.7. The molecule has 14 heteroatoms. The molecule has 7 N–H and O–H groups in total. The average molecular weight is 697 g/mol. The first kappa shape index (κ1) is 43.2. The summed E-state index contributed by atoms with van der Waals surface area (Å²) in [4.78, 5) is 12.7. The fourth-order valence-electron chi connectivity index (χ4n) is 5.75. The Morgan fingerprint density at radius 1 is 0.604 bits per heavy atom. The largest absolute Gasteiger partial charge is 0.457 e. The SMILES string of the molecule is CCCCCCCCCCC(=O)OC(COCCCCCCCC)COC1OC(COC2OC(CO)C(O)C(O)C2O)C(O)C(O)C1O. The molecule has 2 rings (SSSR count). The Balaban J connectivity index is 1.90. The average Bonchev–Trinajstić information content (AvgIpc) is 3.08. The molecule has 2 aliphatic heterocycles. The zero-order chi connectivity index (χ0) is 35.3. The van der Waals surface area contributed by atoms with Gasteiger partial charge in [0.2, 0.25) is 0 Å². The fourth-order valence-corrected chi connectivity index (χ4v) is 5.75. The molecule has 2 heterocycles. The second-order valence-electron chi connectivity index (χ2n) is 13.1. The molecule has 0 amide bonds. The minimum atomic E-state index is -1.70. The van der Waals surface area contributed by atoms with E-state index in [9.17, 15) is 40.5 Å². The summed E-state index contributed by atoms with van der Waals surface area (Å²) in [5.74, 6) is -0.385. The quantitative estimate of drug-likeness (QED) is 0.0504. The molecule has 2 aliphatic rings. The molecule has 0 aromatic rings. The minimum Gasteiger partial charge on any atom is -0.457 e. The van der Waals surface area contributed by atoms with Crippen LogP contribution in [-0.2, 0) is 33.2 Å². The Kier molecular flexibility index (Phi) is 22.5. The van der Waals surface area contributed by atoms with Crippen molar-refractivity contribution >= 4 is 5.97 Å². The first-order chi connectivity index (χ1) is 23.1.